The Labute approximate surface area is 49.8 Å². The third kappa shape index (κ3) is 4.26. The summed E-state index contributed by atoms with van der Waals surface area (Å²) < 4.78 is 4.26. The van der Waals surface area contributed by atoms with Crippen molar-refractivity contribution >= 4 is 26.3 Å². The first-order valence-corrected chi connectivity index (χ1v) is 2.90. The van der Waals surface area contributed by atoms with Crippen LogP contribution in [0.5, 0.6) is 0 Å². The Morgan fingerprint density at radius 2 is 2.50 bits per heavy atom. The molecule has 6 heavy (non-hydrogen) atoms. The molecule has 36 valence electrons. The maximum absolute atomic E-state index is 9.84. The van der Waals surface area contributed by atoms with Crippen molar-refractivity contribution in [3.63, 3.8) is 0 Å². The van der Waals surface area contributed by atoms with Crippen molar-refractivity contribution in [2.45, 2.75) is 6.92 Å². The summed E-state index contributed by atoms with van der Waals surface area (Å²) in [5.41, 5.74) is 0. The van der Waals surface area contributed by atoms with Gasteiger partial charge in [-0.2, -0.15) is 0 Å². The molecule has 0 spiro atoms. The quantitative estimate of drug-likeness (QED) is 0.561. The molecular weight excluding hydrogens is 196 g/mol. The molecule has 0 aliphatic heterocycles. The molecule has 0 aliphatic rings. The van der Waals surface area contributed by atoms with Gasteiger partial charge in [0, 0.05) is 0 Å². The number of hydrogen-bond acceptors (Lipinski definition) is 2. The van der Waals surface area contributed by atoms with E-state index < -0.39 is 0 Å². The summed E-state index contributed by atoms with van der Waals surface area (Å²) in [6, 6.07) is 0. The van der Waals surface area contributed by atoms with Gasteiger partial charge in [0.1, 0.15) is 0 Å². The van der Waals surface area contributed by atoms with Crippen molar-refractivity contribution in [2.75, 3.05) is 6.61 Å². The normalized spacial score (nSPS) is 7.67. The molecule has 0 amide bonds. The summed E-state index contributed by atoms with van der Waals surface area (Å²) in [5.74, 6) is 0. The number of carbonyl (C=O) groups is 1. The van der Waals surface area contributed by atoms with E-state index in [1.54, 1.807) is 6.92 Å². The van der Waals surface area contributed by atoms with E-state index >= 15 is 0 Å². The van der Waals surface area contributed by atoms with Crippen LogP contribution < -0.4 is 0 Å². The molecule has 0 aromatic carbocycles. The van der Waals surface area contributed by atoms with Crippen LogP contribution in [0.15, 0.2) is 0 Å². The molecule has 0 saturated heterocycles. The van der Waals surface area contributed by atoms with E-state index in [4.69, 9.17) is 0 Å². The van der Waals surface area contributed by atoms with Crippen LogP contribution in [0.3, 0.4) is 0 Å². The van der Waals surface area contributed by atoms with Gasteiger partial charge in [-0.3, -0.25) is 0 Å². The molecule has 0 bridgehead atoms. The number of hydrogen-bond donors (Lipinski definition) is 0. The van der Waals surface area contributed by atoms with Gasteiger partial charge in [0.2, 0.25) is 0 Å². The van der Waals surface area contributed by atoms with Crippen LogP contribution in [0.2, 0.25) is 0 Å². The van der Waals surface area contributed by atoms with Gasteiger partial charge in [-0.15, -0.1) is 0 Å². The van der Waals surface area contributed by atoms with Crippen molar-refractivity contribution in [2.24, 2.45) is 0 Å². The van der Waals surface area contributed by atoms with Crippen LogP contribution in [0.25, 0.3) is 0 Å². The SMILES string of the molecule is CCOC(=O)[TeH]. The van der Waals surface area contributed by atoms with Gasteiger partial charge < -0.3 is 0 Å². The second-order valence-corrected chi connectivity index (χ2v) is 1.74. The van der Waals surface area contributed by atoms with Gasteiger partial charge >= 0.3 is 49.4 Å². The summed E-state index contributed by atoms with van der Waals surface area (Å²) in [7, 11) is 0. The van der Waals surface area contributed by atoms with E-state index in [1.165, 1.54) is 0 Å². The molecule has 0 radical (unpaired) electrons. The molecule has 0 N–H and O–H groups in total. The molecular formula is C3H6O2Te. The van der Waals surface area contributed by atoms with Crippen molar-refractivity contribution in [1.29, 1.82) is 0 Å². The summed E-state index contributed by atoms with van der Waals surface area (Å²) in [4.78, 5) is 9.84. The van der Waals surface area contributed by atoms with Crippen molar-refractivity contribution < 1.29 is 9.53 Å². The fourth-order valence-electron chi connectivity index (χ4n) is 0.123. The van der Waals surface area contributed by atoms with Gasteiger partial charge in [0.05, 0.1) is 0 Å². The Kier molecular flexibility index (Phi) is 3.60. The zero-order valence-corrected chi connectivity index (χ0v) is 6.02. The fourth-order valence-corrected chi connectivity index (χ4v) is 0.492. The topological polar surface area (TPSA) is 26.3 Å². The minimum atomic E-state index is -0.161. The Hall–Kier alpha value is 0.260. The summed E-state index contributed by atoms with van der Waals surface area (Å²) in [6.07, 6.45) is 0. The summed E-state index contributed by atoms with van der Waals surface area (Å²) in [5, 5.41) is 0. The first-order chi connectivity index (χ1) is 2.77. The Balaban J connectivity index is 2.83. The molecule has 0 atom stereocenters. The van der Waals surface area contributed by atoms with Gasteiger partial charge in [-0.1, -0.05) is 0 Å². The molecule has 0 aliphatic carbocycles. The zero-order chi connectivity index (χ0) is 4.99. The zero-order valence-electron chi connectivity index (χ0n) is 3.47. The van der Waals surface area contributed by atoms with Crippen LogP contribution in [0.1, 0.15) is 6.92 Å². The van der Waals surface area contributed by atoms with Gasteiger partial charge in [-0.25, -0.2) is 0 Å². The second-order valence-electron chi connectivity index (χ2n) is 0.699. The molecule has 0 fully saturated rings. The third-order valence-electron chi connectivity index (χ3n) is 0.268. The first kappa shape index (κ1) is 6.26. The van der Waals surface area contributed by atoms with Crippen molar-refractivity contribution in [1.82, 2.24) is 0 Å². The summed E-state index contributed by atoms with van der Waals surface area (Å²) in [6.45, 7) is 2.28. The van der Waals surface area contributed by atoms with Crippen LogP contribution in [-0.2, 0) is 4.74 Å². The first-order valence-electron chi connectivity index (χ1n) is 1.63. The molecule has 2 nitrogen and oxygen atoms in total. The second kappa shape index (κ2) is 3.45. The molecule has 0 unspecified atom stereocenters. The van der Waals surface area contributed by atoms with E-state index in [0.717, 1.165) is 22.3 Å². The van der Waals surface area contributed by atoms with Crippen molar-refractivity contribution in [3.8, 4) is 0 Å². The average Bonchev–Trinajstić information content (AvgIpc) is 1.35. The van der Waals surface area contributed by atoms with E-state index in [9.17, 15) is 4.79 Å². The van der Waals surface area contributed by atoms with Crippen LogP contribution in [-0.4, -0.2) is 32.9 Å². The van der Waals surface area contributed by atoms with E-state index in [0.29, 0.717) is 6.61 Å². The minimum absolute atomic E-state index is 0.161. The van der Waals surface area contributed by atoms with E-state index in [-0.39, 0.29) is 4.02 Å². The molecule has 0 aromatic rings. The van der Waals surface area contributed by atoms with Crippen LogP contribution in [0, 0.1) is 0 Å². The number of carbonyl (C=O) groups excluding carboxylic acids is 1. The van der Waals surface area contributed by atoms with Gasteiger partial charge in [0.15, 0.2) is 0 Å². The third-order valence-corrected chi connectivity index (χ3v) is 0.636. The average molecular weight is 202 g/mol. The molecule has 0 rings (SSSR count). The predicted molar refractivity (Wildman–Crippen MR) is 24.2 cm³/mol. The molecule has 0 saturated carbocycles. The van der Waals surface area contributed by atoms with Crippen molar-refractivity contribution in [3.05, 3.63) is 0 Å². The standard InChI is InChI=1S/C3H6O2Te/c1-2-5-3(4)6/h2H2,1H3,(H,4,6). The van der Waals surface area contributed by atoms with Gasteiger partial charge in [0.25, 0.3) is 0 Å². The van der Waals surface area contributed by atoms with Crippen LogP contribution in [0.4, 0.5) is 4.79 Å². The van der Waals surface area contributed by atoms with Gasteiger partial charge in [-0.05, 0) is 0 Å². The Morgan fingerprint density at radius 3 is 2.50 bits per heavy atom. The maximum atomic E-state index is 9.84. The van der Waals surface area contributed by atoms with E-state index in [1.807, 2.05) is 0 Å². The Morgan fingerprint density at radius 1 is 2.00 bits per heavy atom. The molecule has 0 heterocycles. The number of rotatable bonds is 1. The number of ether oxygens (including phenoxy) is 1. The Bertz CT molecular complexity index is 52.8. The summed E-state index contributed by atoms with van der Waals surface area (Å²) >= 11 is 1.08. The molecule has 0 aromatic heterocycles. The monoisotopic (exact) mass is 204 g/mol. The molecule has 3 heteroatoms. The van der Waals surface area contributed by atoms with Crippen LogP contribution >= 0.6 is 0 Å². The fraction of sp³-hybridized carbons (Fsp3) is 0.667. The predicted octanol–water partition coefficient (Wildman–Crippen LogP) is 0.0437. The van der Waals surface area contributed by atoms with E-state index in [2.05, 4.69) is 4.74 Å².